The Bertz CT molecular complexity index is 215. The molecule has 0 heterocycles. The van der Waals surface area contributed by atoms with Crippen LogP contribution in [-0.4, -0.2) is 42.4 Å². The first-order chi connectivity index (χ1) is 6.66. The predicted molar refractivity (Wildman–Crippen MR) is 76.5 cm³/mol. The normalized spacial score (nSPS) is 15.4. The van der Waals surface area contributed by atoms with Crippen LogP contribution in [0, 0.1) is 0 Å². The maximum atomic E-state index is 9.88. The molecule has 0 saturated heterocycles. The second-order valence-electron chi connectivity index (χ2n) is 6.12. The van der Waals surface area contributed by atoms with E-state index in [0.717, 1.165) is 0 Å². The highest BCUT2D eigenvalue weighted by Crippen LogP contribution is 2.26. The van der Waals surface area contributed by atoms with Crippen molar-refractivity contribution in [2.45, 2.75) is 52.4 Å². The molecule has 0 aliphatic heterocycles. The summed E-state index contributed by atoms with van der Waals surface area (Å²) in [5.74, 6) is 0. The van der Waals surface area contributed by atoms with Gasteiger partial charge in [0.2, 0.25) is 0 Å². The first-order valence-corrected chi connectivity index (χ1v) is 18.0. The summed E-state index contributed by atoms with van der Waals surface area (Å²) in [6.45, 7) is 15.4. The topological polar surface area (TPSA) is 58.9 Å². The van der Waals surface area contributed by atoms with Gasteiger partial charge in [-0.1, -0.05) is 0 Å². The van der Waals surface area contributed by atoms with Crippen LogP contribution < -0.4 is 0 Å². The van der Waals surface area contributed by atoms with Gasteiger partial charge in [0.05, 0.1) is 0 Å². The molecular weight excluding hydrogens is 272 g/mol. The Hall–Kier alpha value is 0.708. The summed E-state index contributed by atoms with van der Waals surface area (Å²) in [5.41, 5.74) is 0. The van der Waals surface area contributed by atoms with E-state index in [-0.39, 0.29) is 0 Å². The second-order valence-corrected chi connectivity index (χ2v) is 26.8. The third-order valence-electron chi connectivity index (χ3n) is 2.46. The van der Waals surface area contributed by atoms with E-state index in [4.69, 9.17) is 8.23 Å². The van der Waals surface area contributed by atoms with Gasteiger partial charge in [-0.05, 0) is 52.4 Å². The Morgan fingerprint density at radius 2 is 0.750 bits per heavy atom. The van der Waals surface area contributed by atoms with Crippen molar-refractivity contribution >= 4 is 32.8 Å². The zero-order chi connectivity index (χ0) is 13.4. The standard InChI is InChI=1S/C8H26O4Si4/c1-13(2,9)11-15(5,6)16(7,8)12-14(3,4)10/h9-10H,1-8H3. The van der Waals surface area contributed by atoms with Crippen molar-refractivity contribution in [2.24, 2.45) is 0 Å². The number of hydrogen-bond acceptors (Lipinski definition) is 4. The van der Waals surface area contributed by atoms with Crippen LogP contribution in [0.1, 0.15) is 0 Å². The van der Waals surface area contributed by atoms with Gasteiger partial charge in [-0.3, -0.25) is 0 Å². The molecule has 98 valence electrons. The van der Waals surface area contributed by atoms with Crippen molar-refractivity contribution in [2.75, 3.05) is 0 Å². The maximum Gasteiger partial charge on any atom is 0.318 e. The molecule has 0 rings (SSSR count). The Morgan fingerprint density at radius 3 is 0.875 bits per heavy atom. The van der Waals surface area contributed by atoms with Gasteiger partial charge < -0.3 is 17.8 Å². The Morgan fingerprint density at radius 1 is 0.562 bits per heavy atom. The molecule has 2 N–H and O–H groups in total. The molecular formula is C8H26O4Si4. The predicted octanol–water partition coefficient (Wildman–Crippen LogP) is 1.90. The molecule has 0 spiro atoms. The van der Waals surface area contributed by atoms with Gasteiger partial charge in [0.1, 0.15) is 0 Å². The van der Waals surface area contributed by atoms with E-state index in [1.807, 2.05) is 0 Å². The summed E-state index contributed by atoms with van der Waals surface area (Å²) >= 11 is 0. The van der Waals surface area contributed by atoms with Crippen molar-refractivity contribution < 1.29 is 17.8 Å². The summed E-state index contributed by atoms with van der Waals surface area (Å²) in [5, 5.41) is 0. The molecule has 0 aromatic heterocycles. The lowest BCUT2D eigenvalue weighted by molar-refractivity contribution is 0.370. The van der Waals surface area contributed by atoms with Gasteiger partial charge in [0.15, 0.2) is 15.7 Å². The van der Waals surface area contributed by atoms with E-state index in [1.54, 1.807) is 26.2 Å². The molecule has 8 heteroatoms. The minimum absolute atomic E-state index is 1.77. The number of rotatable bonds is 5. The summed E-state index contributed by atoms with van der Waals surface area (Å²) in [7, 11) is -9.20. The molecule has 0 saturated carbocycles. The second kappa shape index (κ2) is 4.76. The third kappa shape index (κ3) is 5.86. The van der Waals surface area contributed by atoms with Gasteiger partial charge >= 0.3 is 17.1 Å². The van der Waals surface area contributed by atoms with Crippen molar-refractivity contribution in [1.82, 2.24) is 0 Å². The highest BCUT2D eigenvalue weighted by molar-refractivity contribution is 7.37. The quantitative estimate of drug-likeness (QED) is 0.761. The van der Waals surface area contributed by atoms with Crippen LogP contribution in [0.4, 0.5) is 0 Å². The van der Waals surface area contributed by atoms with Crippen LogP contribution in [0.25, 0.3) is 0 Å². The highest BCUT2D eigenvalue weighted by atomic mass is 29.3. The minimum atomic E-state index is -2.53. The summed E-state index contributed by atoms with van der Waals surface area (Å²) < 4.78 is 11.8. The van der Waals surface area contributed by atoms with Gasteiger partial charge in [-0.15, -0.1) is 0 Å². The van der Waals surface area contributed by atoms with E-state index < -0.39 is 32.8 Å². The molecule has 0 bridgehead atoms. The largest absolute Gasteiger partial charge is 0.436 e. The molecule has 4 nitrogen and oxygen atoms in total. The van der Waals surface area contributed by atoms with E-state index in [1.165, 1.54) is 0 Å². The monoisotopic (exact) mass is 298 g/mol. The van der Waals surface area contributed by atoms with Crippen LogP contribution >= 0.6 is 0 Å². The zero-order valence-corrected chi connectivity index (χ0v) is 15.7. The van der Waals surface area contributed by atoms with Gasteiger partial charge in [0, 0.05) is 0 Å². The van der Waals surface area contributed by atoms with E-state index in [0.29, 0.717) is 0 Å². The Kier molecular flexibility index (Phi) is 4.97. The summed E-state index contributed by atoms with van der Waals surface area (Å²) in [4.78, 5) is 19.8. The highest BCUT2D eigenvalue weighted by Gasteiger charge is 2.50. The van der Waals surface area contributed by atoms with Crippen LogP contribution in [0.3, 0.4) is 0 Å². The molecule has 0 amide bonds. The summed E-state index contributed by atoms with van der Waals surface area (Å²) in [6, 6.07) is 0. The van der Waals surface area contributed by atoms with E-state index in [2.05, 4.69) is 26.2 Å². The molecule has 0 unspecified atom stereocenters. The smallest absolute Gasteiger partial charge is 0.318 e. The summed E-state index contributed by atoms with van der Waals surface area (Å²) in [6.07, 6.45) is 0. The van der Waals surface area contributed by atoms with Crippen LogP contribution in [-0.2, 0) is 8.23 Å². The average Bonchev–Trinajstić information content (AvgIpc) is 1.72. The lowest BCUT2D eigenvalue weighted by Gasteiger charge is -2.42. The molecule has 16 heavy (non-hydrogen) atoms. The van der Waals surface area contributed by atoms with Crippen molar-refractivity contribution in [3.05, 3.63) is 0 Å². The first-order valence-electron chi connectivity index (χ1n) is 5.51. The lowest BCUT2D eigenvalue weighted by Crippen LogP contribution is -2.66. The van der Waals surface area contributed by atoms with Crippen molar-refractivity contribution in [3.8, 4) is 0 Å². The molecule has 0 aliphatic carbocycles. The van der Waals surface area contributed by atoms with Crippen LogP contribution in [0.5, 0.6) is 0 Å². The first kappa shape index (κ1) is 16.7. The fourth-order valence-electron chi connectivity index (χ4n) is 1.49. The van der Waals surface area contributed by atoms with Crippen molar-refractivity contribution in [3.63, 3.8) is 0 Å². The molecule has 0 atom stereocenters. The Balaban J connectivity index is 4.85. The van der Waals surface area contributed by atoms with E-state index in [9.17, 15) is 9.59 Å². The maximum absolute atomic E-state index is 9.88. The lowest BCUT2D eigenvalue weighted by atomic mass is 11.9. The van der Waals surface area contributed by atoms with Crippen LogP contribution in [0.2, 0.25) is 52.4 Å². The third-order valence-corrected chi connectivity index (χ3v) is 24.0. The fourth-order valence-corrected chi connectivity index (χ4v) is 22.4. The molecule has 0 aromatic rings. The SMILES string of the molecule is C[Si](C)(O)O[Si](C)(C)[Si](C)(C)O[Si](C)(C)O. The Labute approximate surface area is 103 Å². The van der Waals surface area contributed by atoms with E-state index >= 15 is 0 Å². The molecule has 0 fully saturated rings. The van der Waals surface area contributed by atoms with Crippen LogP contribution in [0.15, 0.2) is 0 Å². The average molecular weight is 299 g/mol. The molecule has 0 radical (unpaired) electrons. The fraction of sp³-hybridized carbons (Fsp3) is 1.00. The minimum Gasteiger partial charge on any atom is -0.436 e. The van der Waals surface area contributed by atoms with Gasteiger partial charge in [-0.2, -0.15) is 0 Å². The zero-order valence-electron chi connectivity index (χ0n) is 11.7. The van der Waals surface area contributed by atoms with Crippen molar-refractivity contribution in [1.29, 1.82) is 0 Å². The van der Waals surface area contributed by atoms with Gasteiger partial charge in [-0.25, -0.2) is 0 Å². The van der Waals surface area contributed by atoms with Gasteiger partial charge in [0.25, 0.3) is 0 Å². The number of hydrogen-bond donors (Lipinski definition) is 2. The molecule has 0 aromatic carbocycles. The molecule has 0 aliphatic rings.